The van der Waals surface area contributed by atoms with E-state index in [1.54, 1.807) is 0 Å². The maximum Gasteiger partial charge on any atom is 0.416 e. The number of aromatic nitrogens is 1. The Bertz CT molecular complexity index is 1260. The van der Waals surface area contributed by atoms with Crippen LogP contribution in [0.15, 0.2) is 48.5 Å². The lowest BCUT2D eigenvalue weighted by atomic mass is 9.95. The fourth-order valence-corrected chi connectivity index (χ4v) is 5.00. The first kappa shape index (κ1) is 28.5. The number of pyridine rings is 1. The number of nitrogens with one attached hydrogen (secondary N) is 1. The van der Waals surface area contributed by atoms with E-state index >= 15 is 0 Å². The van der Waals surface area contributed by atoms with E-state index in [1.165, 1.54) is 23.9 Å². The molecule has 0 atom stereocenters. The van der Waals surface area contributed by atoms with Gasteiger partial charge in [0.1, 0.15) is 5.82 Å². The van der Waals surface area contributed by atoms with Gasteiger partial charge in [-0.25, -0.2) is 4.98 Å². The summed E-state index contributed by atoms with van der Waals surface area (Å²) in [6, 6.07) is 10.9. The Balaban J connectivity index is 0.000000192. The Hall–Kier alpha value is -3.50. The molecule has 1 aliphatic heterocycles. The Morgan fingerprint density at radius 3 is 2.03 bits per heavy atom. The number of para-hydroxylation sites is 1. The molecular formula is C28H30F6N4O. The zero-order chi connectivity index (χ0) is 28.2. The van der Waals surface area contributed by atoms with Gasteiger partial charge in [-0.1, -0.05) is 37.5 Å². The molecule has 39 heavy (non-hydrogen) atoms. The average molecular weight is 553 g/mol. The zero-order valence-corrected chi connectivity index (χ0v) is 21.2. The monoisotopic (exact) mass is 552 g/mol. The molecule has 0 spiro atoms. The van der Waals surface area contributed by atoms with Crippen LogP contribution >= 0.6 is 0 Å². The summed E-state index contributed by atoms with van der Waals surface area (Å²) in [5.74, 6) is -0.297. The van der Waals surface area contributed by atoms with Crippen molar-refractivity contribution in [1.29, 1.82) is 0 Å². The molecule has 5 rings (SSSR count). The predicted octanol–water partition coefficient (Wildman–Crippen LogP) is 7.20. The second-order valence-electron chi connectivity index (χ2n) is 9.88. The van der Waals surface area contributed by atoms with E-state index in [1.807, 2.05) is 18.2 Å². The van der Waals surface area contributed by atoms with Gasteiger partial charge < -0.3 is 16.0 Å². The van der Waals surface area contributed by atoms with E-state index in [4.69, 9.17) is 5.73 Å². The van der Waals surface area contributed by atoms with Gasteiger partial charge in [-0.2, -0.15) is 26.3 Å². The second kappa shape index (κ2) is 11.7. The molecule has 1 saturated carbocycles. The highest BCUT2D eigenvalue weighted by Crippen LogP contribution is 2.36. The molecular weight excluding hydrogens is 522 g/mol. The van der Waals surface area contributed by atoms with E-state index in [9.17, 15) is 31.1 Å². The Labute approximate surface area is 222 Å². The number of rotatable bonds is 3. The van der Waals surface area contributed by atoms with Gasteiger partial charge in [-0.15, -0.1) is 0 Å². The second-order valence-corrected chi connectivity index (χ2v) is 9.88. The van der Waals surface area contributed by atoms with Crippen LogP contribution in [0.5, 0.6) is 0 Å². The third-order valence-corrected chi connectivity index (χ3v) is 6.95. The molecule has 2 heterocycles. The van der Waals surface area contributed by atoms with Crippen LogP contribution < -0.4 is 16.0 Å². The van der Waals surface area contributed by atoms with Gasteiger partial charge in [0, 0.05) is 41.8 Å². The molecule has 210 valence electrons. The van der Waals surface area contributed by atoms with E-state index in [-0.39, 0.29) is 12.1 Å². The van der Waals surface area contributed by atoms with Crippen molar-refractivity contribution in [2.24, 2.45) is 0 Å². The van der Waals surface area contributed by atoms with Crippen molar-refractivity contribution in [2.45, 2.75) is 63.3 Å². The maximum atomic E-state index is 12.8. The Morgan fingerprint density at radius 2 is 1.44 bits per heavy atom. The molecule has 11 heteroatoms. The number of amides is 1. The largest absolute Gasteiger partial charge is 0.416 e. The van der Waals surface area contributed by atoms with Crippen LogP contribution in [0.2, 0.25) is 0 Å². The van der Waals surface area contributed by atoms with Gasteiger partial charge in [0.2, 0.25) is 0 Å². The van der Waals surface area contributed by atoms with Gasteiger partial charge in [0.15, 0.2) is 0 Å². The van der Waals surface area contributed by atoms with Crippen LogP contribution in [0.3, 0.4) is 0 Å². The zero-order valence-electron chi connectivity index (χ0n) is 21.2. The van der Waals surface area contributed by atoms with Crippen molar-refractivity contribution < 1.29 is 31.1 Å². The summed E-state index contributed by atoms with van der Waals surface area (Å²) in [4.78, 5) is 18.8. The molecule has 2 fully saturated rings. The van der Waals surface area contributed by atoms with Gasteiger partial charge in [-0.3, -0.25) is 4.79 Å². The number of carbonyl (C=O) groups is 1. The number of halogens is 6. The number of nitrogens with two attached hydrogens (primary N) is 1. The summed E-state index contributed by atoms with van der Waals surface area (Å²) < 4.78 is 76.6. The molecule has 5 nitrogen and oxygen atoms in total. The summed E-state index contributed by atoms with van der Waals surface area (Å²) in [6.45, 7) is 2.26. The summed E-state index contributed by atoms with van der Waals surface area (Å²) in [5.41, 5.74) is 4.48. The topological polar surface area (TPSA) is 71.2 Å². The highest BCUT2D eigenvalue weighted by Gasteiger charge is 2.37. The molecule has 1 aliphatic carbocycles. The third-order valence-electron chi connectivity index (χ3n) is 6.95. The quantitative estimate of drug-likeness (QED) is 0.337. The van der Waals surface area contributed by atoms with Crippen molar-refractivity contribution in [1.82, 2.24) is 10.3 Å². The number of hydrogen-bond donors (Lipinski definition) is 2. The standard InChI is InChI=1S/C15H15F6NO.C13H15N3/c16-14(17,18)10-6-9(7-11(8-10)15(19,20)21)13(23)22-12-4-2-1-3-5-12;14-13-9-12(16-7-3-4-8-16)10-5-1-2-6-11(10)15-13/h6-8,12H,1-5H2,(H,22,23);1-2,5-6,9H,3-4,7-8H2,(H2,14,15). The minimum absolute atomic E-state index is 0.0113. The molecule has 0 bridgehead atoms. The molecule has 3 N–H and O–H groups in total. The number of carbonyl (C=O) groups excluding carboxylic acids is 1. The van der Waals surface area contributed by atoms with Crippen LogP contribution in [-0.4, -0.2) is 30.0 Å². The van der Waals surface area contributed by atoms with Crippen LogP contribution in [0.25, 0.3) is 10.9 Å². The van der Waals surface area contributed by atoms with E-state index in [0.717, 1.165) is 37.9 Å². The first-order valence-corrected chi connectivity index (χ1v) is 12.9. The molecule has 0 unspecified atom stereocenters. The Kier molecular flexibility index (Phi) is 8.56. The van der Waals surface area contributed by atoms with Crippen LogP contribution in [0.4, 0.5) is 37.8 Å². The normalized spacial score (nSPS) is 16.6. The van der Waals surface area contributed by atoms with Gasteiger partial charge in [0.25, 0.3) is 5.91 Å². The molecule has 1 amide bonds. The maximum absolute atomic E-state index is 12.8. The first-order chi connectivity index (χ1) is 18.4. The smallest absolute Gasteiger partial charge is 0.384 e. The molecule has 1 aromatic heterocycles. The van der Waals surface area contributed by atoms with Crippen LogP contribution in [0.1, 0.15) is 66.4 Å². The fraction of sp³-hybridized carbons (Fsp3) is 0.429. The summed E-state index contributed by atoms with van der Waals surface area (Å²) in [7, 11) is 0. The number of benzene rings is 2. The minimum Gasteiger partial charge on any atom is -0.384 e. The summed E-state index contributed by atoms with van der Waals surface area (Å²) in [5, 5.41) is 3.73. The average Bonchev–Trinajstić information content (AvgIpc) is 3.43. The number of alkyl halides is 6. The van der Waals surface area contributed by atoms with Gasteiger partial charge in [0.05, 0.1) is 16.6 Å². The van der Waals surface area contributed by atoms with E-state index in [2.05, 4.69) is 27.3 Å². The lowest BCUT2D eigenvalue weighted by Crippen LogP contribution is -2.36. The number of nitrogens with zero attached hydrogens (tertiary/aromatic N) is 2. The molecule has 2 aromatic carbocycles. The van der Waals surface area contributed by atoms with Gasteiger partial charge >= 0.3 is 12.4 Å². The molecule has 3 aromatic rings. The number of hydrogen-bond acceptors (Lipinski definition) is 4. The van der Waals surface area contributed by atoms with Crippen LogP contribution in [0, 0.1) is 0 Å². The lowest BCUT2D eigenvalue weighted by Gasteiger charge is -2.23. The molecule has 1 saturated heterocycles. The third kappa shape index (κ3) is 7.33. The number of fused-ring (bicyclic) bond motifs is 1. The van der Waals surface area contributed by atoms with Gasteiger partial charge in [-0.05, 0) is 49.9 Å². The first-order valence-electron chi connectivity index (χ1n) is 12.9. The number of anilines is 2. The number of nitrogen functional groups attached to an aromatic ring is 1. The molecule has 2 aliphatic rings. The van der Waals surface area contributed by atoms with Crippen molar-refractivity contribution in [3.8, 4) is 0 Å². The van der Waals surface area contributed by atoms with Crippen LogP contribution in [-0.2, 0) is 12.4 Å². The van der Waals surface area contributed by atoms with E-state index < -0.39 is 35.0 Å². The van der Waals surface area contributed by atoms with Crippen molar-refractivity contribution in [2.75, 3.05) is 23.7 Å². The van der Waals surface area contributed by atoms with Crippen molar-refractivity contribution in [3.05, 3.63) is 65.2 Å². The molecule has 0 radical (unpaired) electrons. The van der Waals surface area contributed by atoms with Crippen molar-refractivity contribution in [3.63, 3.8) is 0 Å². The SMILES string of the molecule is Nc1cc(N2CCCC2)c2ccccc2n1.O=C(NC1CCCCC1)c1cc(C(F)(F)F)cc(C(F)(F)F)c1. The summed E-state index contributed by atoms with van der Waals surface area (Å²) in [6.07, 6.45) is -3.25. The highest BCUT2D eigenvalue weighted by molar-refractivity contribution is 5.95. The summed E-state index contributed by atoms with van der Waals surface area (Å²) >= 11 is 0. The highest BCUT2D eigenvalue weighted by atomic mass is 19.4. The fourth-order valence-electron chi connectivity index (χ4n) is 5.00. The van der Waals surface area contributed by atoms with E-state index in [0.29, 0.717) is 30.8 Å². The Morgan fingerprint density at radius 1 is 0.846 bits per heavy atom. The predicted molar refractivity (Wildman–Crippen MR) is 138 cm³/mol. The van der Waals surface area contributed by atoms with Crippen molar-refractivity contribution >= 4 is 28.3 Å². The lowest BCUT2D eigenvalue weighted by molar-refractivity contribution is -0.143. The minimum atomic E-state index is -4.96.